The lowest BCUT2D eigenvalue weighted by Crippen LogP contribution is -2.47. The number of urea groups is 1. The van der Waals surface area contributed by atoms with Gasteiger partial charge in [-0.15, -0.1) is 0 Å². The molecule has 0 radical (unpaired) electrons. The van der Waals surface area contributed by atoms with Crippen molar-refractivity contribution in [3.63, 3.8) is 0 Å². The number of hydrogen-bond donors (Lipinski definition) is 3. The van der Waals surface area contributed by atoms with Gasteiger partial charge in [-0.1, -0.05) is 20.8 Å². The summed E-state index contributed by atoms with van der Waals surface area (Å²) in [5.74, 6) is 0.765. The average molecular weight is 285 g/mol. The summed E-state index contributed by atoms with van der Waals surface area (Å²) in [5.41, 5.74) is -0.778. The van der Waals surface area contributed by atoms with E-state index in [9.17, 15) is 9.90 Å². The zero-order valence-electron chi connectivity index (χ0n) is 13.2. The summed E-state index contributed by atoms with van der Waals surface area (Å²) >= 11 is 0. The van der Waals surface area contributed by atoms with Crippen LogP contribution in [0.3, 0.4) is 0 Å². The number of nitrogens with zero attached hydrogens (tertiary/aromatic N) is 1. The number of likely N-dealkylation sites (tertiary alicyclic amines) is 1. The van der Waals surface area contributed by atoms with Crippen molar-refractivity contribution in [3.05, 3.63) is 0 Å². The van der Waals surface area contributed by atoms with Gasteiger partial charge in [0.2, 0.25) is 0 Å². The Labute approximate surface area is 123 Å². The van der Waals surface area contributed by atoms with E-state index in [1.54, 1.807) is 0 Å². The number of hydrogen-bond acceptors (Lipinski definition) is 3. The first-order valence-corrected chi connectivity index (χ1v) is 7.95. The predicted molar refractivity (Wildman–Crippen MR) is 81.8 cm³/mol. The van der Waals surface area contributed by atoms with Gasteiger partial charge in [0.15, 0.2) is 0 Å². The lowest BCUT2D eigenvalue weighted by molar-refractivity contribution is 0.0349. The van der Waals surface area contributed by atoms with E-state index in [2.05, 4.69) is 22.5 Å². The first-order chi connectivity index (χ1) is 9.49. The molecule has 1 atom stereocenters. The number of carbonyl (C=O) groups excluding carboxylic acids is 1. The smallest absolute Gasteiger partial charge is 0.314 e. The van der Waals surface area contributed by atoms with Gasteiger partial charge in [0.25, 0.3) is 0 Å². The first-order valence-electron chi connectivity index (χ1n) is 7.95. The average Bonchev–Trinajstić information content (AvgIpc) is 2.45. The van der Waals surface area contributed by atoms with Gasteiger partial charge in [-0.2, -0.15) is 0 Å². The molecular weight excluding hydrogens is 254 g/mol. The summed E-state index contributed by atoms with van der Waals surface area (Å²) < 4.78 is 0. The zero-order chi connectivity index (χ0) is 15.0. The molecule has 2 amide bonds. The van der Waals surface area contributed by atoms with Crippen molar-refractivity contribution < 1.29 is 9.90 Å². The fourth-order valence-electron chi connectivity index (χ4n) is 2.62. The van der Waals surface area contributed by atoms with Crippen molar-refractivity contribution in [3.8, 4) is 0 Å². The second kappa shape index (κ2) is 8.47. The van der Waals surface area contributed by atoms with E-state index in [4.69, 9.17) is 0 Å². The van der Waals surface area contributed by atoms with E-state index in [0.29, 0.717) is 25.9 Å². The van der Waals surface area contributed by atoms with Crippen molar-refractivity contribution in [2.45, 2.75) is 52.1 Å². The molecule has 1 rings (SSSR count). The van der Waals surface area contributed by atoms with Gasteiger partial charge in [-0.3, -0.25) is 0 Å². The Hall–Kier alpha value is -0.810. The molecule has 1 saturated heterocycles. The van der Waals surface area contributed by atoms with Crippen LogP contribution in [0, 0.1) is 5.92 Å². The molecule has 0 spiro atoms. The summed E-state index contributed by atoms with van der Waals surface area (Å²) in [4.78, 5) is 14.1. The Morgan fingerprint density at radius 1 is 1.35 bits per heavy atom. The molecule has 0 aromatic rings. The van der Waals surface area contributed by atoms with Gasteiger partial charge >= 0.3 is 6.03 Å². The number of rotatable bonds is 7. The van der Waals surface area contributed by atoms with Crippen LogP contribution in [0.25, 0.3) is 0 Å². The van der Waals surface area contributed by atoms with Crippen LogP contribution in [0.4, 0.5) is 4.79 Å². The Balaban J connectivity index is 2.14. The quantitative estimate of drug-likeness (QED) is 0.665. The number of piperidine rings is 1. The third kappa shape index (κ3) is 6.09. The Bertz CT molecular complexity index is 293. The van der Waals surface area contributed by atoms with Crippen LogP contribution in [0.2, 0.25) is 0 Å². The van der Waals surface area contributed by atoms with Crippen molar-refractivity contribution in [2.24, 2.45) is 5.92 Å². The maximum Gasteiger partial charge on any atom is 0.314 e. The van der Waals surface area contributed by atoms with Crippen molar-refractivity contribution >= 4 is 6.03 Å². The van der Waals surface area contributed by atoms with Crippen LogP contribution in [-0.4, -0.2) is 54.4 Å². The van der Waals surface area contributed by atoms with Crippen LogP contribution in [0.1, 0.15) is 46.5 Å². The molecule has 1 aliphatic rings. The molecule has 5 heteroatoms. The molecule has 0 saturated carbocycles. The second-order valence-electron chi connectivity index (χ2n) is 6.09. The highest BCUT2D eigenvalue weighted by Crippen LogP contribution is 2.14. The van der Waals surface area contributed by atoms with Gasteiger partial charge in [0.05, 0.1) is 5.60 Å². The Morgan fingerprint density at radius 3 is 2.65 bits per heavy atom. The van der Waals surface area contributed by atoms with Gasteiger partial charge in [0.1, 0.15) is 0 Å². The molecule has 5 nitrogen and oxygen atoms in total. The zero-order valence-corrected chi connectivity index (χ0v) is 13.2. The summed E-state index contributed by atoms with van der Waals surface area (Å²) in [6.07, 6.45) is 3.87. The highest BCUT2D eigenvalue weighted by molar-refractivity contribution is 5.73. The monoisotopic (exact) mass is 285 g/mol. The molecule has 1 fully saturated rings. The third-order valence-corrected chi connectivity index (χ3v) is 4.35. The van der Waals surface area contributed by atoms with Crippen molar-refractivity contribution in [1.82, 2.24) is 15.5 Å². The Morgan fingerprint density at radius 2 is 2.05 bits per heavy atom. The van der Waals surface area contributed by atoms with Crippen LogP contribution in [0.5, 0.6) is 0 Å². The minimum absolute atomic E-state index is 0.185. The molecule has 1 unspecified atom stereocenters. The molecule has 1 heterocycles. The highest BCUT2D eigenvalue weighted by Gasteiger charge is 2.22. The lowest BCUT2D eigenvalue weighted by Gasteiger charge is -2.30. The van der Waals surface area contributed by atoms with Crippen molar-refractivity contribution in [1.29, 1.82) is 0 Å². The number of carbonyl (C=O) groups is 1. The van der Waals surface area contributed by atoms with E-state index in [-0.39, 0.29) is 6.03 Å². The minimum atomic E-state index is -0.778. The van der Waals surface area contributed by atoms with E-state index in [0.717, 1.165) is 25.6 Å². The van der Waals surface area contributed by atoms with Crippen LogP contribution >= 0.6 is 0 Å². The molecular formula is C15H31N3O2. The highest BCUT2D eigenvalue weighted by atomic mass is 16.3. The molecule has 3 N–H and O–H groups in total. The second-order valence-corrected chi connectivity index (χ2v) is 6.09. The van der Waals surface area contributed by atoms with E-state index < -0.39 is 5.60 Å². The summed E-state index contributed by atoms with van der Waals surface area (Å²) in [6.45, 7) is 10.3. The molecule has 0 aliphatic carbocycles. The number of amides is 2. The summed E-state index contributed by atoms with van der Waals surface area (Å²) in [7, 11) is 0. The fourth-order valence-corrected chi connectivity index (χ4v) is 2.62. The van der Waals surface area contributed by atoms with Crippen molar-refractivity contribution in [2.75, 3.05) is 32.7 Å². The standard InChI is InChI=1S/C15H31N3O2/c1-4-15(20,5-2)12-17-14(19)16-8-10-18-9-6-7-13(3)11-18/h13,20H,4-12H2,1-3H3,(H2,16,17,19). The topological polar surface area (TPSA) is 64.6 Å². The van der Waals surface area contributed by atoms with E-state index in [1.807, 2.05) is 13.8 Å². The molecule has 1 aliphatic heterocycles. The minimum Gasteiger partial charge on any atom is -0.388 e. The molecule has 118 valence electrons. The number of aliphatic hydroxyl groups is 1. The number of nitrogens with one attached hydrogen (secondary N) is 2. The van der Waals surface area contributed by atoms with E-state index >= 15 is 0 Å². The summed E-state index contributed by atoms with van der Waals surface area (Å²) in [6, 6.07) is -0.185. The van der Waals surface area contributed by atoms with Crippen LogP contribution in [-0.2, 0) is 0 Å². The van der Waals surface area contributed by atoms with Gasteiger partial charge < -0.3 is 20.6 Å². The maximum absolute atomic E-state index is 11.7. The molecule has 0 aromatic carbocycles. The maximum atomic E-state index is 11.7. The van der Waals surface area contributed by atoms with E-state index in [1.165, 1.54) is 12.8 Å². The van der Waals surface area contributed by atoms with Gasteiger partial charge in [-0.05, 0) is 38.1 Å². The van der Waals surface area contributed by atoms with Crippen LogP contribution < -0.4 is 10.6 Å². The first kappa shape index (κ1) is 17.2. The normalized spacial score (nSPS) is 20.7. The Kier molecular flexibility index (Phi) is 7.30. The lowest BCUT2D eigenvalue weighted by atomic mass is 9.98. The van der Waals surface area contributed by atoms with Crippen LogP contribution in [0.15, 0.2) is 0 Å². The fraction of sp³-hybridized carbons (Fsp3) is 0.933. The third-order valence-electron chi connectivity index (χ3n) is 4.35. The summed E-state index contributed by atoms with van der Waals surface area (Å²) in [5, 5.41) is 15.7. The molecule has 0 aromatic heterocycles. The molecule has 0 bridgehead atoms. The van der Waals surface area contributed by atoms with Gasteiger partial charge in [0, 0.05) is 26.2 Å². The predicted octanol–water partition coefficient (Wildman–Crippen LogP) is 1.57. The SMILES string of the molecule is CCC(O)(CC)CNC(=O)NCCN1CCCC(C)C1. The largest absolute Gasteiger partial charge is 0.388 e. The molecule has 20 heavy (non-hydrogen) atoms. The van der Waals surface area contributed by atoms with Gasteiger partial charge in [-0.25, -0.2) is 4.79 Å².